The molecule has 3 N–H and O–H groups in total. The molecule has 0 aliphatic rings. The normalized spacial score (nSPS) is 11.6. The van der Waals surface area contributed by atoms with Crippen molar-refractivity contribution in [2.75, 3.05) is 0 Å². The summed E-state index contributed by atoms with van der Waals surface area (Å²) in [5.41, 5.74) is 2.41. The Balaban J connectivity index is 2.69. The molecule has 1 amide bonds. The molecule has 0 radical (unpaired) electrons. The number of amides is 1. The van der Waals surface area contributed by atoms with E-state index < -0.39 is 34.7 Å². The van der Waals surface area contributed by atoms with Gasteiger partial charge in [-0.3, -0.25) is 4.79 Å². The van der Waals surface area contributed by atoms with Gasteiger partial charge in [-0.25, -0.2) is 4.39 Å². The van der Waals surface area contributed by atoms with Crippen molar-refractivity contribution >= 4 is 5.91 Å². The molecule has 2 aromatic rings. The molecule has 19 heavy (non-hydrogen) atoms. The Morgan fingerprint density at radius 1 is 1.26 bits per heavy atom. The maximum Gasteiger partial charge on any atom is 0.417 e. The van der Waals surface area contributed by atoms with E-state index in [1.54, 1.807) is 0 Å². The zero-order valence-electron chi connectivity index (χ0n) is 9.12. The van der Waals surface area contributed by atoms with Crippen LogP contribution in [0.5, 0.6) is 0 Å². The van der Waals surface area contributed by atoms with Crippen LogP contribution < -0.4 is 5.73 Å². The number of aromatic amines is 1. The topological polar surface area (TPSA) is 84.7 Å². The number of aromatic nitrogens is 3. The van der Waals surface area contributed by atoms with Crippen LogP contribution in [0.2, 0.25) is 0 Å². The highest BCUT2D eigenvalue weighted by atomic mass is 19.4. The van der Waals surface area contributed by atoms with Crippen LogP contribution >= 0.6 is 0 Å². The fourth-order valence-corrected chi connectivity index (χ4v) is 1.55. The Hall–Kier alpha value is -2.45. The molecule has 5 nitrogen and oxygen atoms in total. The molecule has 0 aliphatic heterocycles. The van der Waals surface area contributed by atoms with Gasteiger partial charge < -0.3 is 5.73 Å². The van der Waals surface area contributed by atoms with Gasteiger partial charge in [0.25, 0.3) is 5.91 Å². The van der Waals surface area contributed by atoms with Crippen molar-refractivity contribution in [2.45, 2.75) is 6.18 Å². The monoisotopic (exact) mass is 274 g/mol. The highest BCUT2D eigenvalue weighted by molar-refractivity contribution is 5.97. The maximum absolute atomic E-state index is 12.9. The maximum atomic E-state index is 12.9. The number of nitrogens with one attached hydrogen (secondary N) is 1. The molecule has 100 valence electrons. The van der Waals surface area contributed by atoms with E-state index in [1.807, 2.05) is 5.21 Å². The molecule has 2 rings (SSSR count). The lowest BCUT2D eigenvalue weighted by atomic mass is 10.0. The molecule has 0 bridgehead atoms. The summed E-state index contributed by atoms with van der Waals surface area (Å²) >= 11 is 0. The number of benzene rings is 1. The lowest BCUT2D eigenvalue weighted by Gasteiger charge is -2.11. The van der Waals surface area contributed by atoms with Crippen molar-refractivity contribution in [3.05, 3.63) is 35.3 Å². The predicted octanol–water partition coefficient (Wildman–Crippen LogP) is 1.73. The first-order chi connectivity index (χ1) is 8.80. The van der Waals surface area contributed by atoms with Gasteiger partial charge in [0.15, 0.2) is 5.69 Å². The largest absolute Gasteiger partial charge is 0.417 e. The molecule has 0 unspecified atom stereocenters. The molecule has 1 heterocycles. The van der Waals surface area contributed by atoms with E-state index in [4.69, 9.17) is 5.73 Å². The molecular formula is C10H6F4N4O. The van der Waals surface area contributed by atoms with E-state index in [2.05, 4.69) is 10.2 Å². The number of carbonyl (C=O) groups excluding carboxylic acids is 1. The minimum atomic E-state index is -4.80. The first-order valence-electron chi connectivity index (χ1n) is 4.88. The average Bonchev–Trinajstić information content (AvgIpc) is 2.76. The van der Waals surface area contributed by atoms with Gasteiger partial charge in [0.05, 0.1) is 5.56 Å². The number of carbonyl (C=O) groups is 1. The van der Waals surface area contributed by atoms with Crippen LogP contribution in [-0.4, -0.2) is 21.3 Å². The summed E-state index contributed by atoms with van der Waals surface area (Å²) in [7, 11) is 0. The second-order valence-corrected chi connectivity index (χ2v) is 3.57. The van der Waals surface area contributed by atoms with Crippen molar-refractivity contribution in [2.24, 2.45) is 5.73 Å². The van der Waals surface area contributed by atoms with Crippen molar-refractivity contribution < 1.29 is 22.4 Å². The van der Waals surface area contributed by atoms with Gasteiger partial charge >= 0.3 is 6.18 Å². The van der Waals surface area contributed by atoms with Crippen molar-refractivity contribution in [3.63, 3.8) is 0 Å². The molecule has 0 atom stereocenters. The van der Waals surface area contributed by atoms with Crippen LogP contribution in [-0.2, 0) is 6.18 Å². The quantitative estimate of drug-likeness (QED) is 0.818. The van der Waals surface area contributed by atoms with Crippen LogP contribution in [0.25, 0.3) is 11.3 Å². The predicted molar refractivity (Wildman–Crippen MR) is 55.3 cm³/mol. The fourth-order valence-electron chi connectivity index (χ4n) is 1.55. The standard InChI is InChI=1S/C10H6F4N4O/c11-4-1-2-5(6(3-4)10(12,13)14)7-8(9(15)19)17-18-16-7/h1-3H,(H2,15,19)(H,16,17,18). The summed E-state index contributed by atoms with van der Waals surface area (Å²) in [5.74, 6) is -2.10. The molecule has 0 aliphatic carbocycles. The lowest BCUT2D eigenvalue weighted by molar-refractivity contribution is -0.137. The van der Waals surface area contributed by atoms with Gasteiger partial charge in [0.2, 0.25) is 0 Å². The number of hydrogen-bond acceptors (Lipinski definition) is 3. The number of rotatable bonds is 2. The first kappa shape index (κ1) is 13.0. The molecule has 0 spiro atoms. The lowest BCUT2D eigenvalue weighted by Crippen LogP contribution is -2.14. The van der Waals surface area contributed by atoms with Crippen LogP contribution in [0.4, 0.5) is 17.6 Å². The van der Waals surface area contributed by atoms with E-state index in [0.717, 1.165) is 12.1 Å². The minimum Gasteiger partial charge on any atom is -0.364 e. The molecular weight excluding hydrogens is 268 g/mol. The highest BCUT2D eigenvalue weighted by Crippen LogP contribution is 2.37. The number of primary amides is 1. The van der Waals surface area contributed by atoms with E-state index in [0.29, 0.717) is 6.07 Å². The summed E-state index contributed by atoms with van der Waals surface area (Å²) in [6.07, 6.45) is -4.80. The molecule has 9 heteroatoms. The Morgan fingerprint density at radius 2 is 1.95 bits per heavy atom. The Kier molecular flexibility index (Phi) is 2.97. The van der Waals surface area contributed by atoms with Gasteiger partial charge in [-0.1, -0.05) is 0 Å². The van der Waals surface area contributed by atoms with Crippen LogP contribution in [0.15, 0.2) is 18.2 Å². The summed E-state index contributed by atoms with van der Waals surface area (Å²) in [5, 5.41) is 8.83. The third-order valence-corrected chi connectivity index (χ3v) is 2.32. The number of hydrogen-bond donors (Lipinski definition) is 2. The van der Waals surface area contributed by atoms with Gasteiger partial charge in [-0.15, -0.1) is 0 Å². The molecule has 1 aromatic carbocycles. The summed E-state index contributed by atoms with van der Waals surface area (Å²) in [6, 6.07) is 2.00. The summed E-state index contributed by atoms with van der Waals surface area (Å²) in [6.45, 7) is 0. The zero-order valence-corrected chi connectivity index (χ0v) is 9.12. The average molecular weight is 274 g/mol. The molecule has 0 fully saturated rings. The van der Waals surface area contributed by atoms with E-state index in [1.165, 1.54) is 0 Å². The Labute approximate surface area is 103 Å². The Morgan fingerprint density at radius 3 is 2.53 bits per heavy atom. The second kappa shape index (κ2) is 4.34. The zero-order chi connectivity index (χ0) is 14.2. The van der Waals surface area contributed by atoms with Crippen LogP contribution in [0, 0.1) is 5.82 Å². The van der Waals surface area contributed by atoms with Crippen molar-refractivity contribution in [1.29, 1.82) is 0 Å². The van der Waals surface area contributed by atoms with Gasteiger partial charge in [0, 0.05) is 5.56 Å². The number of H-pyrrole nitrogens is 1. The number of nitrogens with zero attached hydrogens (tertiary/aromatic N) is 2. The Bertz CT molecular complexity index is 635. The third-order valence-electron chi connectivity index (χ3n) is 2.32. The molecule has 0 saturated carbocycles. The van der Waals surface area contributed by atoms with Crippen LogP contribution in [0.3, 0.4) is 0 Å². The number of halogens is 4. The number of alkyl halides is 3. The summed E-state index contributed by atoms with van der Waals surface area (Å²) in [4.78, 5) is 11.0. The minimum absolute atomic E-state index is 0.314. The third kappa shape index (κ3) is 2.39. The van der Waals surface area contributed by atoms with E-state index >= 15 is 0 Å². The van der Waals surface area contributed by atoms with Gasteiger partial charge in [0.1, 0.15) is 11.5 Å². The SMILES string of the molecule is NC(=O)c1n[nH]nc1-c1ccc(F)cc1C(F)(F)F. The smallest absolute Gasteiger partial charge is 0.364 e. The number of nitrogens with two attached hydrogens (primary N) is 1. The first-order valence-corrected chi connectivity index (χ1v) is 4.88. The fraction of sp³-hybridized carbons (Fsp3) is 0.100. The van der Waals surface area contributed by atoms with E-state index in [-0.39, 0.29) is 5.69 Å². The molecule has 0 saturated heterocycles. The van der Waals surface area contributed by atoms with Crippen molar-refractivity contribution in [3.8, 4) is 11.3 Å². The second-order valence-electron chi connectivity index (χ2n) is 3.57. The van der Waals surface area contributed by atoms with Crippen LogP contribution in [0.1, 0.15) is 16.1 Å². The van der Waals surface area contributed by atoms with E-state index in [9.17, 15) is 22.4 Å². The molecule has 1 aromatic heterocycles. The van der Waals surface area contributed by atoms with Gasteiger partial charge in [-0.2, -0.15) is 28.6 Å². The van der Waals surface area contributed by atoms with Crippen molar-refractivity contribution in [1.82, 2.24) is 15.4 Å². The summed E-state index contributed by atoms with van der Waals surface area (Å²) < 4.78 is 51.4. The van der Waals surface area contributed by atoms with Gasteiger partial charge in [-0.05, 0) is 18.2 Å². The highest BCUT2D eigenvalue weighted by Gasteiger charge is 2.35.